The summed E-state index contributed by atoms with van der Waals surface area (Å²) in [5.41, 5.74) is 0.0467. The van der Waals surface area contributed by atoms with Crippen molar-refractivity contribution >= 4 is 16.6 Å². The second-order valence-corrected chi connectivity index (χ2v) is 6.32. The minimum Gasteiger partial charge on any atom is -0.293 e. The molecule has 0 N–H and O–H groups in total. The molecule has 1 aromatic carbocycles. The highest BCUT2D eigenvalue weighted by Gasteiger charge is 2.24. The van der Waals surface area contributed by atoms with Crippen LogP contribution in [0, 0.1) is 11.6 Å². The topological polar surface area (TPSA) is 34.1 Å². The maximum atomic E-state index is 13.0. The fraction of sp³-hybridized carbons (Fsp3) is 0.417. The molecule has 0 aliphatic carbocycles. The first kappa shape index (κ1) is 14.0. The Kier molecular flexibility index (Phi) is 4.51. The maximum absolute atomic E-state index is 13.0. The van der Waals surface area contributed by atoms with E-state index in [4.69, 9.17) is 0 Å². The predicted molar refractivity (Wildman–Crippen MR) is 63.4 cm³/mol. The molecule has 2 atom stereocenters. The lowest BCUT2D eigenvalue weighted by atomic mass is 10.1. The number of benzene rings is 1. The molecule has 1 aromatic rings. The van der Waals surface area contributed by atoms with Gasteiger partial charge in [0.25, 0.3) is 0 Å². The molecule has 0 bridgehead atoms. The first-order valence-electron chi connectivity index (χ1n) is 5.23. The van der Waals surface area contributed by atoms with Crippen LogP contribution in [0.1, 0.15) is 31.1 Å². The van der Waals surface area contributed by atoms with E-state index in [0.717, 1.165) is 12.1 Å². The van der Waals surface area contributed by atoms with Gasteiger partial charge in [-0.25, -0.2) is 8.78 Å². The van der Waals surface area contributed by atoms with Crippen molar-refractivity contribution in [3.63, 3.8) is 0 Å². The molecular weight excluding hydrogens is 246 g/mol. The van der Waals surface area contributed by atoms with Crippen molar-refractivity contribution in [3.05, 3.63) is 35.4 Å². The van der Waals surface area contributed by atoms with E-state index in [2.05, 4.69) is 0 Å². The van der Waals surface area contributed by atoms with Gasteiger partial charge in [0.2, 0.25) is 0 Å². The molecule has 2 unspecified atom stereocenters. The predicted octanol–water partition coefficient (Wildman–Crippen LogP) is 2.69. The minimum atomic E-state index is -1.32. The molecule has 0 saturated heterocycles. The van der Waals surface area contributed by atoms with E-state index in [-0.39, 0.29) is 10.8 Å². The van der Waals surface area contributed by atoms with E-state index in [1.807, 2.05) is 0 Å². The first-order valence-corrected chi connectivity index (χ1v) is 6.51. The van der Waals surface area contributed by atoms with Crippen LogP contribution in [-0.4, -0.2) is 20.5 Å². The number of carbonyl (C=O) groups excluding carboxylic acids is 1. The van der Waals surface area contributed by atoms with Gasteiger partial charge in [0, 0.05) is 21.6 Å². The highest BCUT2D eigenvalue weighted by atomic mass is 32.2. The van der Waals surface area contributed by atoms with Gasteiger partial charge >= 0.3 is 0 Å². The molecule has 17 heavy (non-hydrogen) atoms. The number of Topliss-reactive ketones (excluding diaryl/α,β-unsaturated/α-hetero) is 1. The van der Waals surface area contributed by atoms with Crippen LogP contribution in [0.2, 0.25) is 0 Å². The molecule has 0 aromatic heterocycles. The Labute approximate surface area is 101 Å². The fourth-order valence-electron chi connectivity index (χ4n) is 1.40. The monoisotopic (exact) mass is 260 g/mol. The highest BCUT2D eigenvalue weighted by Crippen LogP contribution is 2.14. The second kappa shape index (κ2) is 5.49. The van der Waals surface area contributed by atoms with Crippen LogP contribution in [0.15, 0.2) is 18.2 Å². The van der Waals surface area contributed by atoms with Crippen LogP contribution in [0.4, 0.5) is 8.78 Å². The molecule has 1 rings (SSSR count). The molecule has 0 spiro atoms. The summed E-state index contributed by atoms with van der Waals surface area (Å²) in [4.78, 5) is 11.9. The van der Waals surface area contributed by atoms with Crippen LogP contribution < -0.4 is 0 Å². The van der Waals surface area contributed by atoms with Crippen molar-refractivity contribution in [3.8, 4) is 0 Å². The second-order valence-electron chi connectivity index (χ2n) is 4.01. The number of ketones is 1. The van der Waals surface area contributed by atoms with Crippen molar-refractivity contribution < 1.29 is 17.8 Å². The molecule has 0 heterocycles. The number of rotatable bonds is 4. The summed E-state index contributed by atoms with van der Waals surface area (Å²) in [5, 5.41) is -0.876. The number of halogens is 2. The van der Waals surface area contributed by atoms with E-state index in [1.165, 1.54) is 13.0 Å². The average molecular weight is 260 g/mol. The van der Waals surface area contributed by atoms with Crippen LogP contribution in [0.3, 0.4) is 0 Å². The summed E-state index contributed by atoms with van der Waals surface area (Å²) >= 11 is 0. The van der Waals surface area contributed by atoms with Gasteiger partial charge in [-0.2, -0.15) is 0 Å². The third-order valence-corrected chi connectivity index (χ3v) is 4.23. The number of carbonyl (C=O) groups is 1. The Morgan fingerprint density at radius 3 is 2.24 bits per heavy atom. The molecule has 0 radical (unpaired) electrons. The lowest BCUT2D eigenvalue weighted by Gasteiger charge is -2.13. The van der Waals surface area contributed by atoms with Crippen molar-refractivity contribution in [2.75, 3.05) is 0 Å². The SMILES string of the molecule is CC(C)S(=O)C(C)C(=O)c1ccc(F)c(F)c1. The summed E-state index contributed by atoms with van der Waals surface area (Å²) < 4.78 is 37.4. The fourth-order valence-corrected chi connectivity index (χ4v) is 2.56. The quantitative estimate of drug-likeness (QED) is 0.780. The summed E-state index contributed by atoms with van der Waals surface area (Å²) in [5.74, 6) is -2.51. The van der Waals surface area contributed by atoms with Crippen LogP contribution >= 0.6 is 0 Å². The molecule has 0 aliphatic rings. The molecule has 0 aliphatic heterocycles. The highest BCUT2D eigenvalue weighted by molar-refractivity contribution is 7.87. The first-order chi connectivity index (χ1) is 7.84. The van der Waals surface area contributed by atoms with Crippen LogP contribution in [0.5, 0.6) is 0 Å². The zero-order valence-corrected chi connectivity index (χ0v) is 10.7. The molecule has 0 fully saturated rings. The van der Waals surface area contributed by atoms with Gasteiger partial charge in [-0.15, -0.1) is 0 Å². The van der Waals surface area contributed by atoms with Gasteiger partial charge in [-0.1, -0.05) is 13.8 Å². The number of hydrogen-bond donors (Lipinski definition) is 0. The Hall–Kier alpha value is -1.10. The Morgan fingerprint density at radius 1 is 1.18 bits per heavy atom. The van der Waals surface area contributed by atoms with Crippen LogP contribution in [0.25, 0.3) is 0 Å². The summed E-state index contributed by atoms with van der Waals surface area (Å²) in [6, 6.07) is 2.94. The van der Waals surface area contributed by atoms with Crippen LogP contribution in [-0.2, 0) is 10.8 Å². The van der Waals surface area contributed by atoms with Crippen molar-refractivity contribution in [2.45, 2.75) is 31.3 Å². The lowest BCUT2D eigenvalue weighted by Crippen LogP contribution is -2.27. The van der Waals surface area contributed by atoms with E-state index in [9.17, 15) is 17.8 Å². The smallest absolute Gasteiger partial charge is 0.178 e. The number of hydrogen-bond acceptors (Lipinski definition) is 2. The maximum Gasteiger partial charge on any atom is 0.178 e. The molecule has 94 valence electrons. The minimum absolute atomic E-state index is 0.0467. The normalized spacial score (nSPS) is 14.7. The Bertz CT molecular complexity index is 458. The zero-order chi connectivity index (χ0) is 13.2. The summed E-state index contributed by atoms with van der Waals surface area (Å²) in [6.45, 7) is 5.01. The zero-order valence-electron chi connectivity index (χ0n) is 9.87. The standard InChI is InChI=1S/C12H14F2O2S/c1-7(2)17(16)8(3)12(15)9-4-5-10(13)11(14)6-9/h4-8H,1-3H3. The summed E-state index contributed by atoms with van der Waals surface area (Å²) in [6.07, 6.45) is 0. The van der Waals surface area contributed by atoms with Gasteiger partial charge in [0.05, 0.1) is 5.25 Å². The summed E-state index contributed by atoms with van der Waals surface area (Å²) in [7, 11) is -1.32. The van der Waals surface area contributed by atoms with E-state index in [0.29, 0.717) is 0 Å². The molecule has 0 saturated carbocycles. The van der Waals surface area contributed by atoms with E-state index >= 15 is 0 Å². The van der Waals surface area contributed by atoms with E-state index in [1.54, 1.807) is 13.8 Å². The van der Waals surface area contributed by atoms with Gasteiger partial charge in [0.1, 0.15) is 0 Å². The molecule has 5 heteroatoms. The third kappa shape index (κ3) is 3.19. The largest absolute Gasteiger partial charge is 0.293 e. The van der Waals surface area contributed by atoms with Crippen molar-refractivity contribution in [1.82, 2.24) is 0 Å². The molecule has 0 amide bonds. The van der Waals surface area contributed by atoms with E-state index < -0.39 is 33.5 Å². The third-order valence-electron chi connectivity index (χ3n) is 2.39. The van der Waals surface area contributed by atoms with Gasteiger partial charge in [-0.3, -0.25) is 9.00 Å². The van der Waals surface area contributed by atoms with Gasteiger partial charge < -0.3 is 0 Å². The van der Waals surface area contributed by atoms with Crippen molar-refractivity contribution in [1.29, 1.82) is 0 Å². The van der Waals surface area contributed by atoms with Gasteiger partial charge in [-0.05, 0) is 25.1 Å². The Balaban J connectivity index is 2.97. The van der Waals surface area contributed by atoms with Crippen molar-refractivity contribution in [2.24, 2.45) is 0 Å². The Morgan fingerprint density at radius 2 is 1.76 bits per heavy atom. The lowest BCUT2D eigenvalue weighted by molar-refractivity contribution is 0.0992. The molecule has 2 nitrogen and oxygen atoms in total. The molecular formula is C12H14F2O2S. The average Bonchev–Trinajstić information content (AvgIpc) is 2.29. The van der Waals surface area contributed by atoms with Gasteiger partial charge in [0.15, 0.2) is 17.4 Å².